The Kier molecular flexibility index (Phi) is 3.65. The summed E-state index contributed by atoms with van der Waals surface area (Å²) in [6.07, 6.45) is 3.30. The zero-order valence-electron chi connectivity index (χ0n) is 12.2. The Bertz CT molecular complexity index is 627. The van der Waals surface area contributed by atoms with Crippen molar-refractivity contribution in [2.24, 2.45) is 0 Å². The minimum atomic E-state index is -0.352. The minimum Gasteiger partial charge on any atom is -0.292 e. The molecule has 1 unspecified atom stereocenters. The van der Waals surface area contributed by atoms with E-state index in [0.717, 1.165) is 29.8 Å². The van der Waals surface area contributed by atoms with Crippen LogP contribution in [0, 0.1) is 0 Å². The lowest BCUT2D eigenvalue weighted by Crippen LogP contribution is -2.50. The van der Waals surface area contributed by atoms with Crippen LogP contribution in [0.15, 0.2) is 29.6 Å². The van der Waals surface area contributed by atoms with E-state index >= 15 is 0 Å². The average molecular weight is 287 g/mol. The number of thiophene rings is 1. The molecule has 0 amide bonds. The summed E-state index contributed by atoms with van der Waals surface area (Å²) in [7, 11) is 0. The van der Waals surface area contributed by atoms with E-state index in [-0.39, 0.29) is 11.3 Å². The minimum absolute atomic E-state index is 0.287. The lowest BCUT2D eigenvalue weighted by molar-refractivity contribution is 0.0650. The molecule has 1 aliphatic heterocycles. The van der Waals surface area contributed by atoms with Gasteiger partial charge in [-0.3, -0.25) is 9.69 Å². The van der Waals surface area contributed by atoms with E-state index < -0.39 is 0 Å². The highest BCUT2D eigenvalue weighted by atomic mass is 32.1. The molecule has 3 heteroatoms. The molecule has 0 saturated carbocycles. The summed E-state index contributed by atoms with van der Waals surface area (Å²) in [5, 5.41) is 3.25. The number of benzene rings is 1. The second-order valence-corrected chi connectivity index (χ2v) is 6.71. The van der Waals surface area contributed by atoms with Gasteiger partial charge >= 0.3 is 0 Å². The summed E-state index contributed by atoms with van der Waals surface area (Å²) in [5.41, 5.74) is 0.545. The van der Waals surface area contributed by atoms with Gasteiger partial charge in [0.15, 0.2) is 5.78 Å². The number of carbonyl (C=O) groups excluding carboxylic acids is 1. The summed E-state index contributed by atoms with van der Waals surface area (Å²) < 4.78 is 1.14. The fourth-order valence-electron chi connectivity index (χ4n) is 3.20. The molecule has 0 bridgehead atoms. The zero-order chi connectivity index (χ0) is 14.2. The lowest BCUT2D eigenvalue weighted by atomic mass is 9.86. The van der Waals surface area contributed by atoms with Crippen LogP contribution in [0.1, 0.15) is 43.5 Å². The average Bonchev–Trinajstić information content (AvgIpc) is 3.15. The molecule has 0 radical (unpaired) electrons. The maximum Gasteiger partial charge on any atom is 0.184 e. The third kappa shape index (κ3) is 2.09. The van der Waals surface area contributed by atoms with E-state index in [1.807, 2.05) is 12.1 Å². The molecule has 1 aliphatic rings. The summed E-state index contributed by atoms with van der Waals surface area (Å²) in [6.45, 7) is 6.35. The van der Waals surface area contributed by atoms with Crippen molar-refractivity contribution in [3.8, 4) is 0 Å². The first-order valence-corrected chi connectivity index (χ1v) is 8.31. The second-order valence-electron chi connectivity index (χ2n) is 5.80. The van der Waals surface area contributed by atoms with Gasteiger partial charge in [-0.05, 0) is 62.2 Å². The van der Waals surface area contributed by atoms with Crippen LogP contribution in [0.25, 0.3) is 10.1 Å². The van der Waals surface area contributed by atoms with E-state index in [1.54, 1.807) is 11.3 Å². The van der Waals surface area contributed by atoms with Crippen molar-refractivity contribution < 1.29 is 4.79 Å². The summed E-state index contributed by atoms with van der Waals surface area (Å²) in [4.78, 5) is 15.5. The number of Topliss-reactive ketones (excluding diaryl/α,β-unsaturated/α-hetero) is 1. The molecule has 2 aromatic rings. The van der Waals surface area contributed by atoms with Crippen LogP contribution in [0.2, 0.25) is 0 Å². The van der Waals surface area contributed by atoms with Crippen LogP contribution >= 0.6 is 11.3 Å². The van der Waals surface area contributed by atoms with Crippen LogP contribution < -0.4 is 0 Å². The number of nitrogens with zero attached hydrogens (tertiary/aromatic N) is 1. The smallest absolute Gasteiger partial charge is 0.184 e. The monoisotopic (exact) mass is 287 g/mol. The Labute approximate surface area is 124 Å². The maximum absolute atomic E-state index is 13.2. The van der Waals surface area contributed by atoms with E-state index in [0.29, 0.717) is 0 Å². The number of ketones is 1. The molecule has 0 spiro atoms. The van der Waals surface area contributed by atoms with Gasteiger partial charge in [-0.25, -0.2) is 0 Å². The Morgan fingerprint density at radius 2 is 2.05 bits per heavy atom. The molecule has 1 saturated heterocycles. The van der Waals surface area contributed by atoms with Crippen LogP contribution in [0.3, 0.4) is 0 Å². The van der Waals surface area contributed by atoms with Gasteiger partial charge in [-0.15, -0.1) is 11.3 Å². The highest BCUT2D eigenvalue weighted by Gasteiger charge is 2.39. The number of hydrogen-bond donors (Lipinski definition) is 0. The van der Waals surface area contributed by atoms with Crippen LogP contribution in [-0.4, -0.2) is 29.3 Å². The molecule has 0 N–H and O–H groups in total. The highest BCUT2D eigenvalue weighted by molar-refractivity contribution is 7.17. The Hall–Kier alpha value is -1.19. The first kappa shape index (κ1) is 13.8. The molecule has 1 aromatic heterocycles. The first-order chi connectivity index (χ1) is 9.66. The van der Waals surface area contributed by atoms with Crippen molar-refractivity contribution in [3.05, 3.63) is 35.2 Å². The van der Waals surface area contributed by atoms with Crippen molar-refractivity contribution in [2.75, 3.05) is 13.1 Å². The largest absolute Gasteiger partial charge is 0.292 e. The van der Waals surface area contributed by atoms with E-state index in [9.17, 15) is 4.79 Å². The number of hydrogen-bond acceptors (Lipinski definition) is 3. The van der Waals surface area contributed by atoms with Gasteiger partial charge in [0.1, 0.15) is 0 Å². The van der Waals surface area contributed by atoms with E-state index in [4.69, 9.17) is 0 Å². The summed E-state index contributed by atoms with van der Waals surface area (Å²) in [6, 6.07) is 8.17. The van der Waals surface area contributed by atoms with Gasteiger partial charge in [0.05, 0.1) is 5.54 Å². The number of fused-ring (bicyclic) bond motifs is 1. The molecule has 20 heavy (non-hydrogen) atoms. The summed E-state index contributed by atoms with van der Waals surface area (Å²) >= 11 is 1.67. The van der Waals surface area contributed by atoms with Crippen molar-refractivity contribution >= 4 is 27.2 Å². The fraction of sp³-hybridized carbons (Fsp3) is 0.471. The molecular weight excluding hydrogens is 266 g/mol. The SMILES string of the molecule is CCC(C)(C(=O)c1cccc2ccsc12)N1CCCC1. The predicted octanol–water partition coefficient (Wildman–Crippen LogP) is 4.35. The van der Waals surface area contributed by atoms with Crippen LogP contribution in [0.4, 0.5) is 0 Å². The second kappa shape index (κ2) is 5.30. The molecule has 1 fully saturated rings. The van der Waals surface area contributed by atoms with Crippen molar-refractivity contribution in [1.82, 2.24) is 4.90 Å². The summed E-state index contributed by atoms with van der Waals surface area (Å²) in [5.74, 6) is 0.287. The Morgan fingerprint density at radius 3 is 2.75 bits per heavy atom. The zero-order valence-corrected chi connectivity index (χ0v) is 13.0. The Morgan fingerprint density at radius 1 is 1.30 bits per heavy atom. The van der Waals surface area contributed by atoms with Gasteiger partial charge in [-0.1, -0.05) is 19.1 Å². The van der Waals surface area contributed by atoms with Gasteiger partial charge < -0.3 is 0 Å². The molecule has 106 valence electrons. The molecule has 3 rings (SSSR count). The molecule has 1 atom stereocenters. The van der Waals surface area contributed by atoms with Crippen LogP contribution in [-0.2, 0) is 0 Å². The van der Waals surface area contributed by atoms with Gasteiger partial charge in [-0.2, -0.15) is 0 Å². The standard InChI is InChI=1S/C17H21NOS/c1-3-17(2,18-10-4-5-11-18)16(19)14-8-6-7-13-9-12-20-15(13)14/h6-9,12H,3-5,10-11H2,1-2H3. The predicted molar refractivity (Wildman–Crippen MR) is 85.7 cm³/mol. The van der Waals surface area contributed by atoms with Crippen molar-refractivity contribution in [1.29, 1.82) is 0 Å². The van der Waals surface area contributed by atoms with Crippen molar-refractivity contribution in [2.45, 2.75) is 38.6 Å². The van der Waals surface area contributed by atoms with Crippen LogP contribution in [0.5, 0.6) is 0 Å². The quantitative estimate of drug-likeness (QED) is 0.779. The molecule has 2 nitrogen and oxygen atoms in total. The first-order valence-electron chi connectivity index (χ1n) is 7.43. The van der Waals surface area contributed by atoms with Gasteiger partial charge in [0.2, 0.25) is 0 Å². The van der Waals surface area contributed by atoms with Gasteiger partial charge in [0, 0.05) is 10.3 Å². The van der Waals surface area contributed by atoms with E-state index in [2.05, 4.69) is 36.3 Å². The molecule has 1 aromatic carbocycles. The molecule has 2 heterocycles. The third-order valence-corrected chi connectivity index (χ3v) is 5.67. The van der Waals surface area contributed by atoms with E-state index in [1.165, 1.54) is 18.2 Å². The topological polar surface area (TPSA) is 20.3 Å². The number of rotatable bonds is 4. The Balaban J connectivity index is 2.03. The normalized spacial score (nSPS) is 19.3. The number of likely N-dealkylation sites (tertiary alicyclic amines) is 1. The molecule has 0 aliphatic carbocycles. The number of carbonyl (C=O) groups is 1. The van der Waals surface area contributed by atoms with Gasteiger partial charge in [0.25, 0.3) is 0 Å². The maximum atomic E-state index is 13.2. The third-order valence-electron chi connectivity index (χ3n) is 4.71. The highest BCUT2D eigenvalue weighted by Crippen LogP contribution is 2.32. The molecular formula is C17H21NOS. The van der Waals surface area contributed by atoms with Crippen molar-refractivity contribution in [3.63, 3.8) is 0 Å². The fourth-order valence-corrected chi connectivity index (χ4v) is 4.11. The lowest BCUT2D eigenvalue weighted by Gasteiger charge is -2.36.